The number of anilines is 1. The van der Waals surface area contributed by atoms with Crippen LogP contribution in [0.2, 0.25) is 0 Å². The number of aromatic amines is 1. The van der Waals surface area contributed by atoms with E-state index in [1.54, 1.807) is 6.92 Å². The van der Waals surface area contributed by atoms with Gasteiger partial charge in [0.1, 0.15) is 0 Å². The van der Waals surface area contributed by atoms with Crippen LogP contribution in [0.5, 0.6) is 0 Å². The van der Waals surface area contributed by atoms with Crippen molar-refractivity contribution in [1.82, 2.24) is 15.3 Å². The number of aryl methyl sites for hydroxylation is 1. The lowest BCUT2D eigenvalue weighted by molar-refractivity contribution is -0.121. The summed E-state index contributed by atoms with van der Waals surface area (Å²) in [5.41, 5.74) is 1.39. The summed E-state index contributed by atoms with van der Waals surface area (Å²) >= 11 is 0.193. The molecule has 0 spiro atoms. The molecule has 29 heavy (non-hydrogen) atoms. The summed E-state index contributed by atoms with van der Waals surface area (Å²) in [5.74, 6) is -2.81. The minimum absolute atomic E-state index is 0.116. The van der Waals surface area contributed by atoms with Crippen LogP contribution in [0.1, 0.15) is 31.0 Å². The normalized spacial score (nSPS) is 10.9. The third kappa shape index (κ3) is 7.49. The smallest absolute Gasteiger partial charge is 0.291 e. The van der Waals surface area contributed by atoms with E-state index in [2.05, 4.69) is 39.2 Å². The first-order chi connectivity index (χ1) is 13.9. The molecule has 0 radical (unpaired) electrons. The molecule has 0 saturated heterocycles. The zero-order valence-corrected chi connectivity index (χ0v) is 17.4. The van der Waals surface area contributed by atoms with Gasteiger partial charge in [-0.15, -0.1) is 0 Å². The number of halogens is 2. The molecule has 0 aliphatic heterocycles. The molecule has 0 atom stereocenters. The lowest BCUT2D eigenvalue weighted by Crippen LogP contribution is -2.30. The van der Waals surface area contributed by atoms with Crippen LogP contribution in [0.15, 0.2) is 40.3 Å². The van der Waals surface area contributed by atoms with E-state index < -0.39 is 11.3 Å². The maximum absolute atomic E-state index is 12.4. The average molecular weight is 425 g/mol. The summed E-state index contributed by atoms with van der Waals surface area (Å²) in [6, 6.07) is 10.1. The van der Waals surface area contributed by atoms with Gasteiger partial charge in [0.15, 0.2) is 5.16 Å². The van der Waals surface area contributed by atoms with Gasteiger partial charge in [-0.25, -0.2) is 4.98 Å². The standard InChI is InChI=1S/C20H26F2N4O2S/c1-3-26(15-8-5-4-6-9-15)13-7-12-23-17(27)11-10-16-14(2)24-20(25-18(16)28)29-19(21)22/h4-6,8-9,19H,3,7,10-13H2,1-2H3,(H,23,27)(H,24,25,28). The Bertz CT molecular complexity index is 846. The number of rotatable bonds is 11. The topological polar surface area (TPSA) is 78.1 Å². The SMILES string of the molecule is CCN(CCCNC(=O)CCc1c(C)nc(SC(F)F)[nH]c1=O)c1ccccc1. The van der Waals surface area contributed by atoms with Crippen molar-refractivity contribution < 1.29 is 13.6 Å². The number of carbonyl (C=O) groups excluding carboxylic acids is 1. The van der Waals surface area contributed by atoms with Gasteiger partial charge >= 0.3 is 0 Å². The molecular weight excluding hydrogens is 398 g/mol. The van der Waals surface area contributed by atoms with Gasteiger partial charge in [-0.2, -0.15) is 8.78 Å². The summed E-state index contributed by atoms with van der Waals surface area (Å²) in [6.07, 6.45) is 1.16. The molecule has 0 aliphatic carbocycles. The molecule has 158 valence electrons. The molecule has 1 amide bonds. The molecular formula is C20H26F2N4O2S. The number of aromatic nitrogens is 2. The fourth-order valence-electron chi connectivity index (χ4n) is 2.95. The number of benzene rings is 1. The van der Waals surface area contributed by atoms with Crippen molar-refractivity contribution in [3.63, 3.8) is 0 Å². The number of alkyl halides is 2. The largest absolute Gasteiger partial charge is 0.372 e. The zero-order valence-electron chi connectivity index (χ0n) is 16.6. The molecule has 1 aromatic carbocycles. The van der Waals surface area contributed by atoms with Crippen LogP contribution >= 0.6 is 11.8 Å². The van der Waals surface area contributed by atoms with E-state index in [1.165, 1.54) is 0 Å². The first-order valence-electron chi connectivity index (χ1n) is 9.52. The molecule has 0 unspecified atom stereocenters. The lowest BCUT2D eigenvalue weighted by atomic mass is 10.1. The summed E-state index contributed by atoms with van der Waals surface area (Å²) in [5, 5.41) is 2.74. The molecule has 1 aromatic heterocycles. The molecule has 6 nitrogen and oxygen atoms in total. The summed E-state index contributed by atoms with van der Waals surface area (Å²) in [4.78, 5) is 32.7. The Morgan fingerprint density at radius 2 is 2.03 bits per heavy atom. The summed E-state index contributed by atoms with van der Waals surface area (Å²) < 4.78 is 24.8. The van der Waals surface area contributed by atoms with Crippen molar-refractivity contribution in [2.75, 3.05) is 24.5 Å². The number of hydrogen-bond acceptors (Lipinski definition) is 5. The number of nitrogens with zero attached hydrogens (tertiary/aromatic N) is 2. The van der Waals surface area contributed by atoms with Crippen LogP contribution in [-0.2, 0) is 11.2 Å². The van der Waals surface area contributed by atoms with Crippen LogP contribution in [0.3, 0.4) is 0 Å². The van der Waals surface area contributed by atoms with E-state index in [9.17, 15) is 18.4 Å². The van der Waals surface area contributed by atoms with E-state index in [0.717, 1.165) is 25.2 Å². The van der Waals surface area contributed by atoms with Crippen molar-refractivity contribution in [1.29, 1.82) is 0 Å². The van der Waals surface area contributed by atoms with Gasteiger partial charge in [0.2, 0.25) is 5.91 Å². The Balaban J connectivity index is 1.77. The van der Waals surface area contributed by atoms with E-state index in [0.29, 0.717) is 17.8 Å². The summed E-state index contributed by atoms with van der Waals surface area (Å²) in [7, 11) is 0. The first kappa shape index (κ1) is 22.9. The Hall–Kier alpha value is -2.42. The Kier molecular flexibility index (Phi) is 9.11. The van der Waals surface area contributed by atoms with Gasteiger partial charge in [0.25, 0.3) is 11.3 Å². The van der Waals surface area contributed by atoms with Crippen molar-refractivity contribution in [3.8, 4) is 0 Å². The second-order valence-electron chi connectivity index (χ2n) is 6.43. The average Bonchev–Trinajstić information content (AvgIpc) is 2.67. The van der Waals surface area contributed by atoms with Crippen LogP contribution < -0.4 is 15.8 Å². The summed E-state index contributed by atoms with van der Waals surface area (Å²) in [6.45, 7) is 5.92. The van der Waals surface area contributed by atoms with E-state index >= 15 is 0 Å². The number of H-pyrrole nitrogens is 1. The predicted molar refractivity (Wildman–Crippen MR) is 112 cm³/mol. The molecule has 2 aromatic rings. The maximum Gasteiger partial charge on any atom is 0.291 e. The maximum atomic E-state index is 12.4. The Labute approximate surface area is 173 Å². The highest BCUT2D eigenvalue weighted by Gasteiger charge is 2.13. The number of para-hydroxylation sites is 1. The highest BCUT2D eigenvalue weighted by atomic mass is 32.2. The number of amides is 1. The molecule has 0 fully saturated rings. The minimum atomic E-state index is -2.65. The molecule has 9 heteroatoms. The van der Waals surface area contributed by atoms with E-state index in [-0.39, 0.29) is 35.7 Å². The van der Waals surface area contributed by atoms with Crippen molar-refractivity contribution in [2.45, 2.75) is 44.0 Å². The van der Waals surface area contributed by atoms with Gasteiger partial charge in [0.05, 0.1) is 0 Å². The van der Waals surface area contributed by atoms with Gasteiger partial charge in [-0.05, 0) is 50.6 Å². The van der Waals surface area contributed by atoms with Crippen LogP contribution in [0, 0.1) is 6.92 Å². The number of hydrogen-bond donors (Lipinski definition) is 2. The Morgan fingerprint density at radius 1 is 1.31 bits per heavy atom. The number of nitrogens with one attached hydrogen (secondary N) is 2. The van der Waals surface area contributed by atoms with Gasteiger partial charge in [0, 0.05) is 43.0 Å². The highest BCUT2D eigenvalue weighted by molar-refractivity contribution is 7.99. The Morgan fingerprint density at radius 3 is 2.66 bits per heavy atom. The van der Waals surface area contributed by atoms with Crippen molar-refractivity contribution >= 4 is 23.4 Å². The van der Waals surface area contributed by atoms with Gasteiger partial charge in [-0.1, -0.05) is 18.2 Å². The van der Waals surface area contributed by atoms with Crippen LogP contribution in [0.25, 0.3) is 0 Å². The van der Waals surface area contributed by atoms with E-state index in [1.807, 2.05) is 18.2 Å². The molecule has 2 N–H and O–H groups in total. The number of carbonyl (C=O) groups is 1. The number of thioether (sulfide) groups is 1. The lowest BCUT2D eigenvalue weighted by Gasteiger charge is -2.23. The van der Waals surface area contributed by atoms with Gasteiger partial charge < -0.3 is 15.2 Å². The predicted octanol–water partition coefficient (Wildman–Crippen LogP) is 3.36. The van der Waals surface area contributed by atoms with Crippen LogP contribution in [-0.4, -0.2) is 41.3 Å². The second kappa shape index (κ2) is 11.5. The molecule has 0 bridgehead atoms. The molecule has 1 heterocycles. The highest BCUT2D eigenvalue weighted by Crippen LogP contribution is 2.21. The zero-order chi connectivity index (χ0) is 21.2. The molecule has 0 aliphatic rings. The van der Waals surface area contributed by atoms with Gasteiger partial charge in [-0.3, -0.25) is 9.59 Å². The molecule has 0 saturated carbocycles. The van der Waals surface area contributed by atoms with Crippen molar-refractivity contribution in [2.24, 2.45) is 0 Å². The molecule has 2 rings (SSSR count). The first-order valence-corrected chi connectivity index (χ1v) is 10.4. The fourth-order valence-corrected chi connectivity index (χ4v) is 3.46. The third-order valence-corrected chi connectivity index (χ3v) is 5.03. The van der Waals surface area contributed by atoms with Crippen molar-refractivity contribution in [3.05, 3.63) is 51.9 Å². The minimum Gasteiger partial charge on any atom is -0.372 e. The third-order valence-electron chi connectivity index (χ3n) is 4.43. The van der Waals surface area contributed by atoms with E-state index in [4.69, 9.17) is 0 Å². The van der Waals surface area contributed by atoms with Crippen LogP contribution in [0.4, 0.5) is 14.5 Å². The second-order valence-corrected chi connectivity index (χ2v) is 7.41. The quantitative estimate of drug-likeness (QED) is 0.329. The monoisotopic (exact) mass is 424 g/mol. The fraction of sp³-hybridized carbons (Fsp3) is 0.450.